The lowest BCUT2D eigenvalue weighted by Gasteiger charge is -2.12. The molecule has 0 unspecified atom stereocenters. The first kappa shape index (κ1) is 21.3. The van der Waals surface area contributed by atoms with Crippen LogP contribution in [0.4, 0.5) is 8.78 Å². The summed E-state index contributed by atoms with van der Waals surface area (Å²) in [6.07, 6.45) is 3.19. The highest BCUT2D eigenvalue weighted by Gasteiger charge is 2.26. The summed E-state index contributed by atoms with van der Waals surface area (Å²) in [6.45, 7) is 1.61. The molecule has 1 heterocycles. The Morgan fingerprint density at radius 2 is 1.82 bits per heavy atom. The third-order valence-electron chi connectivity index (χ3n) is 5.71. The number of hydrogen-bond acceptors (Lipinski definition) is 4. The zero-order valence-corrected chi connectivity index (χ0v) is 18.4. The molecule has 0 aliphatic heterocycles. The van der Waals surface area contributed by atoms with Gasteiger partial charge in [-0.3, -0.25) is 4.79 Å². The van der Waals surface area contributed by atoms with Crippen molar-refractivity contribution < 1.29 is 22.0 Å². The van der Waals surface area contributed by atoms with Crippen LogP contribution in [0.5, 0.6) is 0 Å². The Balaban J connectivity index is 1.57. The topological polar surface area (TPSA) is 81.1 Å². The van der Waals surface area contributed by atoms with Crippen molar-refractivity contribution in [2.24, 2.45) is 0 Å². The zero-order chi connectivity index (χ0) is 23.3. The van der Waals surface area contributed by atoms with E-state index in [2.05, 4.69) is 10.4 Å². The van der Waals surface area contributed by atoms with Gasteiger partial charge in [-0.1, -0.05) is 18.2 Å². The standard InChI is InChI=1S/C24H19F2N3O3S/c1-14-19(11-16(12-21(14)26)24(30)28-18-7-8-18)15-6-9-22-17(10-15)13-27-29(22)33(31,32)23-5-3-2-4-20(23)25/h2-6,9-13,18H,7-8H2,1H3,(H,28,30). The number of rotatable bonds is 5. The van der Waals surface area contributed by atoms with Crippen molar-refractivity contribution in [2.75, 3.05) is 0 Å². The molecule has 0 radical (unpaired) electrons. The molecule has 1 N–H and O–H groups in total. The van der Waals surface area contributed by atoms with E-state index in [0.717, 1.165) is 23.0 Å². The summed E-state index contributed by atoms with van der Waals surface area (Å²) in [5, 5.41) is 7.29. The van der Waals surface area contributed by atoms with Gasteiger partial charge in [0.1, 0.15) is 16.5 Å². The first-order valence-electron chi connectivity index (χ1n) is 10.3. The van der Waals surface area contributed by atoms with E-state index in [1.165, 1.54) is 36.5 Å². The van der Waals surface area contributed by atoms with E-state index in [0.29, 0.717) is 22.1 Å². The van der Waals surface area contributed by atoms with Crippen LogP contribution in [-0.2, 0) is 10.0 Å². The van der Waals surface area contributed by atoms with Crippen molar-refractivity contribution in [3.05, 3.63) is 83.6 Å². The highest BCUT2D eigenvalue weighted by Crippen LogP contribution is 2.31. The fourth-order valence-electron chi connectivity index (χ4n) is 3.72. The van der Waals surface area contributed by atoms with Crippen LogP contribution in [0.1, 0.15) is 28.8 Å². The van der Waals surface area contributed by atoms with Gasteiger partial charge in [-0.05, 0) is 72.9 Å². The number of carbonyl (C=O) groups is 1. The van der Waals surface area contributed by atoms with Crippen LogP contribution in [0.25, 0.3) is 22.0 Å². The molecular weight excluding hydrogens is 448 g/mol. The van der Waals surface area contributed by atoms with Crippen LogP contribution in [0.3, 0.4) is 0 Å². The Kier molecular flexibility index (Phi) is 5.01. The molecule has 3 aromatic carbocycles. The number of fused-ring (bicyclic) bond motifs is 1. The minimum atomic E-state index is -4.25. The van der Waals surface area contributed by atoms with E-state index in [1.807, 2.05) is 0 Å². The van der Waals surface area contributed by atoms with Gasteiger partial charge in [0.2, 0.25) is 0 Å². The lowest BCUT2D eigenvalue weighted by atomic mass is 9.96. The van der Waals surface area contributed by atoms with Gasteiger partial charge in [-0.2, -0.15) is 17.6 Å². The highest BCUT2D eigenvalue weighted by atomic mass is 32.2. The van der Waals surface area contributed by atoms with Crippen molar-refractivity contribution in [3.63, 3.8) is 0 Å². The second-order valence-corrected chi connectivity index (χ2v) is 9.81. The van der Waals surface area contributed by atoms with Gasteiger partial charge in [0.15, 0.2) is 0 Å². The smallest absolute Gasteiger partial charge is 0.286 e. The number of halogens is 2. The number of nitrogens with one attached hydrogen (secondary N) is 1. The van der Waals surface area contributed by atoms with E-state index in [9.17, 15) is 22.0 Å². The maximum atomic E-state index is 14.6. The average molecular weight is 467 g/mol. The number of benzene rings is 3. The Bertz CT molecular complexity index is 1530. The molecule has 1 aromatic heterocycles. The molecule has 1 aliphatic rings. The SMILES string of the molecule is Cc1c(F)cc(C(=O)NC2CC2)cc1-c1ccc2c(cnn2S(=O)(=O)c2ccccc2F)c1. The fraction of sp³-hybridized carbons (Fsp3) is 0.167. The van der Waals surface area contributed by atoms with Gasteiger partial charge in [0, 0.05) is 17.0 Å². The maximum Gasteiger partial charge on any atom is 0.286 e. The number of aromatic nitrogens is 2. The van der Waals surface area contributed by atoms with Gasteiger partial charge < -0.3 is 5.32 Å². The predicted octanol–water partition coefficient (Wildman–Crippen LogP) is 4.42. The Hall–Kier alpha value is -3.59. The average Bonchev–Trinajstić information content (AvgIpc) is 3.49. The summed E-state index contributed by atoms with van der Waals surface area (Å²) in [5.41, 5.74) is 1.95. The monoisotopic (exact) mass is 467 g/mol. The van der Waals surface area contributed by atoms with Gasteiger partial charge in [0.25, 0.3) is 15.9 Å². The molecule has 168 valence electrons. The van der Waals surface area contributed by atoms with Gasteiger partial charge in [-0.25, -0.2) is 8.78 Å². The molecule has 6 nitrogen and oxygen atoms in total. The van der Waals surface area contributed by atoms with Crippen LogP contribution in [0, 0.1) is 18.6 Å². The highest BCUT2D eigenvalue weighted by molar-refractivity contribution is 7.90. The largest absolute Gasteiger partial charge is 0.349 e. The molecule has 0 spiro atoms. The van der Waals surface area contributed by atoms with E-state index >= 15 is 0 Å². The molecule has 0 atom stereocenters. The van der Waals surface area contributed by atoms with Crippen LogP contribution in [0.2, 0.25) is 0 Å². The molecule has 1 aliphatic carbocycles. The summed E-state index contributed by atoms with van der Waals surface area (Å²) in [7, 11) is -4.25. The van der Waals surface area contributed by atoms with Crippen LogP contribution < -0.4 is 5.32 Å². The second kappa shape index (κ2) is 7.77. The van der Waals surface area contributed by atoms with Crippen molar-refractivity contribution >= 4 is 26.8 Å². The van der Waals surface area contributed by atoms with E-state index in [-0.39, 0.29) is 23.0 Å². The predicted molar refractivity (Wildman–Crippen MR) is 119 cm³/mol. The number of carbonyl (C=O) groups excluding carboxylic acids is 1. The van der Waals surface area contributed by atoms with Crippen molar-refractivity contribution in [2.45, 2.75) is 30.7 Å². The minimum Gasteiger partial charge on any atom is -0.349 e. The first-order chi connectivity index (χ1) is 15.8. The Morgan fingerprint density at radius 3 is 2.55 bits per heavy atom. The number of hydrogen-bond donors (Lipinski definition) is 1. The molecule has 1 amide bonds. The van der Waals surface area contributed by atoms with Gasteiger partial charge in [0.05, 0.1) is 11.7 Å². The number of amides is 1. The molecule has 1 fully saturated rings. The second-order valence-electron chi connectivity index (χ2n) is 8.07. The van der Waals surface area contributed by atoms with E-state index in [4.69, 9.17) is 0 Å². The molecule has 9 heteroatoms. The summed E-state index contributed by atoms with van der Waals surface area (Å²) < 4.78 is 55.5. The third kappa shape index (κ3) is 3.78. The lowest BCUT2D eigenvalue weighted by Crippen LogP contribution is -2.25. The van der Waals surface area contributed by atoms with Crippen molar-refractivity contribution in [3.8, 4) is 11.1 Å². The van der Waals surface area contributed by atoms with Crippen LogP contribution in [-0.4, -0.2) is 29.6 Å². The molecule has 0 saturated heterocycles. The minimum absolute atomic E-state index is 0.143. The molecule has 33 heavy (non-hydrogen) atoms. The molecule has 1 saturated carbocycles. The summed E-state index contributed by atoms with van der Waals surface area (Å²) >= 11 is 0. The van der Waals surface area contributed by atoms with Crippen LogP contribution >= 0.6 is 0 Å². The van der Waals surface area contributed by atoms with Crippen molar-refractivity contribution in [1.82, 2.24) is 14.5 Å². The summed E-state index contributed by atoms with van der Waals surface area (Å²) in [4.78, 5) is 12.0. The maximum absolute atomic E-state index is 14.6. The first-order valence-corrected chi connectivity index (χ1v) is 11.8. The quantitative estimate of drug-likeness (QED) is 0.471. The van der Waals surface area contributed by atoms with Gasteiger partial charge >= 0.3 is 0 Å². The zero-order valence-electron chi connectivity index (χ0n) is 17.5. The fourth-order valence-corrected chi connectivity index (χ4v) is 5.07. The Morgan fingerprint density at radius 1 is 1.06 bits per heavy atom. The molecular formula is C24H19F2N3O3S. The molecule has 5 rings (SSSR count). The number of nitrogens with zero attached hydrogens (tertiary/aromatic N) is 2. The van der Waals surface area contributed by atoms with E-state index < -0.39 is 26.6 Å². The molecule has 4 aromatic rings. The van der Waals surface area contributed by atoms with E-state index in [1.54, 1.807) is 25.1 Å². The van der Waals surface area contributed by atoms with Crippen molar-refractivity contribution in [1.29, 1.82) is 0 Å². The normalized spacial score (nSPS) is 13.9. The lowest BCUT2D eigenvalue weighted by molar-refractivity contribution is 0.0950. The van der Waals surface area contributed by atoms with Gasteiger partial charge in [-0.15, -0.1) is 0 Å². The summed E-state index contributed by atoms with van der Waals surface area (Å²) in [5.74, 6) is -1.71. The Labute approximate surface area is 188 Å². The molecule has 0 bridgehead atoms. The summed E-state index contributed by atoms with van der Waals surface area (Å²) in [6, 6.07) is 12.9. The van der Waals surface area contributed by atoms with Crippen LogP contribution in [0.15, 0.2) is 65.7 Å². The third-order valence-corrected chi connectivity index (χ3v) is 7.34.